The Balaban J connectivity index is 1.71. The van der Waals surface area contributed by atoms with Gasteiger partial charge in [-0.05, 0) is 42.0 Å². The summed E-state index contributed by atoms with van der Waals surface area (Å²) in [4.78, 5) is 21.8. The summed E-state index contributed by atoms with van der Waals surface area (Å²) >= 11 is 7.61. The van der Waals surface area contributed by atoms with E-state index in [9.17, 15) is 4.79 Å². The SMILES string of the molecule is CC(C)(C)c1csc(NC(=O)c2cc3cc(Cl)ccc3n2Cc2ccncc2)n1. The van der Waals surface area contributed by atoms with Gasteiger partial charge < -0.3 is 4.57 Å². The van der Waals surface area contributed by atoms with Gasteiger partial charge in [0.05, 0.1) is 5.69 Å². The Morgan fingerprint density at radius 2 is 1.93 bits per heavy atom. The van der Waals surface area contributed by atoms with Crippen molar-refractivity contribution >= 4 is 44.9 Å². The Morgan fingerprint density at radius 1 is 1.17 bits per heavy atom. The smallest absolute Gasteiger partial charge is 0.274 e. The van der Waals surface area contributed by atoms with E-state index in [1.165, 1.54) is 11.3 Å². The van der Waals surface area contributed by atoms with Gasteiger partial charge in [0.1, 0.15) is 5.69 Å². The van der Waals surface area contributed by atoms with Crippen LogP contribution in [0.3, 0.4) is 0 Å². The lowest BCUT2D eigenvalue weighted by atomic mass is 9.93. The minimum atomic E-state index is -0.193. The lowest BCUT2D eigenvalue weighted by Crippen LogP contribution is -2.18. The molecule has 148 valence electrons. The van der Waals surface area contributed by atoms with Crippen LogP contribution in [0.15, 0.2) is 54.2 Å². The van der Waals surface area contributed by atoms with Crippen molar-refractivity contribution in [3.05, 3.63) is 76.1 Å². The number of nitrogens with zero attached hydrogens (tertiary/aromatic N) is 3. The molecule has 0 spiro atoms. The number of benzene rings is 1. The fraction of sp³-hybridized carbons (Fsp3) is 0.227. The van der Waals surface area contributed by atoms with Gasteiger partial charge >= 0.3 is 0 Å². The van der Waals surface area contributed by atoms with E-state index in [1.54, 1.807) is 12.4 Å². The molecule has 0 aliphatic heterocycles. The molecule has 0 bridgehead atoms. The molecule has 0 unspecified atom stereocenters. The molecule has 4 rings (SSSR count). The number of hydrogen-bond acceptors (Lipinski definition) is 4. The monoisotopic (exact) mass is 424 g/mol. The van der Waals surface area contributed by atoms with Gasteiger partial charge in [0.15, 0.2) is 5.13 Å². The normalized spacial score (nSPS) is 11.7. The van der Waals surface area contributed by atoms with Crippen LogP contribution in [-0.2, 0) is 12.0 Å². The maximum absolute atomic E-state index is 13.1. The lowest BCUT2D eigenvalue weighted by Gasteiger charge is -2.14. The molecule has 0 aliphatic carbocycles. The summed E-state index contributed by atoms with van der Waals surface area (Å²) in [5.41, 5.74) is 3.47. The van der Waals surface area contributed by atoms with Gasteiger partial charge in [-0.3, -0.25) is 15.1 Å². The maximum atomic E-state index is 13.1. The molecule has 5 nitrogen and oxygen atoms in total. The Morgan fingerprint density at radius 3 is 2.62 bits per heavy atom. The average molecular weight is 425 g/mol. The van der Waals surface area contributed by atoms with Crippen LogP contribution < -0.4 is 5.32 Å². The minimum Gasteiger partial charge on any atom is -0.332 e. The van der Waals surface area contributed by atoms with Crippen LogP contribution in [-0.4, -0.2) is 20.4 Å². The zero-order valence-corrected chi connectivity index (χ0v) is 18.0. The quantitative estimate of drug-likeness (QED) is 0.454. The van der Waals surface area contributed by atoms with Crippen molar-refractivity contribution in [3.63, 3.8) is 0 Å². The Hall–Kier alpha value is -2.70. The summed E-state index contributed by atoms with van der Waals surface area (Å²) < 4.78 is 1.99. The first-order valence-electron chi connectivity index (χ1n) is 9.26. The molecule has 1 N–H and O–H groups in total. The number of halogens is 1. The van der Waals surface area contributed by atoms with Gasteiger partial charge in [-0.2, -0.15) is 0 Å². The number of thiazole rings is 1. The first-order chi connectivity index (χ1) is 13.8. The van der Waals surface area contributed by atoms with Crippen LogP contribution in [0.2, 0.25) is 5.02 Å². The molecule has 1 amide bonds. The van der Waals surface area contributed by atoms with E-state index in [0.717, 1.165) is 22.2 Å². The molecule has 1 aromatic carbocycles. The van der Waals surface area contributed by atoms with Gasteiger partial charge in [-0.15, -0.1) is 11.3 Å². The number of anilines is 1. The molecule has 0 saturated carbocycles. The highest BCUT2D eigenvalue weighted by Crippen LogP contribution is 2.28. The topological polar surface area (TPSA) is 59.8 Å². The Kier molecular flexibility index (Phi) is 5.15. The van der Waals surface area contributed by atoms with Crippen LogP contribution in [0.1, 0.15) is 42.5 Å². The highest BCUT2D eigenvalue weighted by atomic mass is 35.5. The summed E-state index contributed by atoms with van der Waals surface area (Å²) in [5.74, 6) is -0.193. The Labute approximate surface area is 178 Å². The largest absolute Gasteiger partial charge is 0.332 e. The Bertz CT molecular complexity index is 1170. The number of aromatic nitrogens is 3. The average Bonchev–Trinajstić information content (AvgIpc) is 3.27. The van der Waals surface area contributed by atoms with Crippen LogP contribution >= 0.6 is 22.9 Å². The van der Waals surface area contributed by atoms with Crippen molar-refractivity contribution in [1.82, 2.24) is 14.5 Å². The van der Waals surface area contributed by atoms with E-state index in [4.69, 9.17) is 11.6 Å². The first-order valence-corrected chi connectivity index (χ1v) is 10.5. The predicted molar refractivity (Wildman–Crippen MR) is 119 cm³/mol. The number of pyridine rings is 1. The fourth-order valence-electron chi connectivity index (χ4n) is 3.11. The second kappa shape index (κ2) is 7.61. The second-order valence-electron chi connectivity index (χ2n) is 7.92. The van der Waals surface area contributed by atoms with Crippen molar-refractivity contribution in [2.45, 2.75) is 32.7 Å². The highest BCUT2D eigenvalue weighted by Gasteiger charge is 2.20. The van der Waals surface area contributed by atoms with Gasteiger partial charge in [0.25, 0.3) is 5.91 Å². The second-order valence-corrected chi connectivity index (χ2v) is 9.21. The van der Waals surface area contributed by atoms with Crippen molar-refractivity contribution in [3.8, 4) is 0 Å². The zero-order valence-electron chi connectivity index (χ0n) is 16.4. The third kappa shape index (κ3) is 4.18. The number of nitrogens with one attached hydrogen (secondary N) is 1. The van der Waals surface area contributed by atoms with E-state index < -0.39 is 0 Å². The highest BCUT2D eigenvalue weighted by molar-refractivity contribution is 7.14. The molecule has 0 radical (unpaired) electrons. The molecule has 0 aliphatic rings. The molecular formula is C22H21ClN4OS. The van der Waals surface area contributed by atoms with Crippen LogP contribution in [0, 0.1) is 0 Å². The lowest BCUT2D eigenvalue weighted by molar-refractivity contribution is 0.101. The van der Waals surface area contributed by atoms with E-state index in [1.807, 2.05) is 46.3 Å². The molecule has 29 heavy (non-hydrogen) atoms. The standard InChI is InChI=1S/C22H21ClN4OS/c1-22(2,3)19-13-29-21(25-19)26-20(28)18-11-15-10-16(23)4-5-17(15)27(18)12-14-6-8-24-9-7-14/h4-11,13H,12H2,1-3H3,(H,25,26,28). The molecular weight excluding hydrogens is 404 g/mol. The summed E-state index contributed by atoms with van der Waals surface area (Å²) in [6.07, 6.45) is 3.50. The molecule has 3 aromatic heterocycles. The minimum absolute atomic E-state index is 0.0630. The molecule has 0 saturated heterocycles. The summed E-state index contributed by atoms with van der Waals surface area (Å²) in [7, 11) is 0. The van der Waals surface area contributed by atoms with E-state index in [0.29, 0.717) is 22.4 Å². The number of carbonyl (C=O) groups excluding carboxylic acids is 1. The molecule has 3 heterocycles. The predicted octanol–water partition coefficient (Wildman–Crippen LogP) is 5.74. The molecule has 0 atom stereocenters. The number of hydrogen-bond donors (Lipinski definition) is 1. The summed E-state index contributed by atoms with van der Waals surface area (Å²) in [6.45, 7) is 6.86. The maximum Gasteiger partial charge on any atom is 0.274 e. The first kappa shape index (κ1) is 19.6. The molecule has 0 fully saturated rings. The number of rotatable bonds is 4. The number of amides is 1. The van der Waals surface area contributed by atoms with Crippen molar-refractivity contribution in [2.75, 3.05) is 5.32 Å². The van der Waals surface area contributed by atoms with Gasteiger partial charge in [0.2, 0.25) is 0 Å². The van der Waals surface area contributed by atoms with E-state index in [-0.39, 0.29) is 11.3 Å². The molecule has 7 heteroatoms. The van der Waals surface area contributed by atoms with Crippen LogP contribution in [0.4, 0.5) is 5.13 Å². The number of carbonyl (C=O) groups is 1. The van der Waals surface area contributed by atoms with Crippen molar-refractivity contribution in [1.29, 1.82) is 0 Å². The third-order valence-corrected chi connectivity index (χ3v) is 5.67. The van der Waals surface area contributed by atoms with Crippen molar-refractivity contribution in [2.24, 2.45) is 0 Å². The van der Waals surface area contributed by atoms with Gasteiger partial charge in [0, 0.05) is 45.7 Å². The molecule has 4 aromatic rings. The summed E-state index contributed by atoms with van der Waals surface area (Å²) in [5, 5.41) is 7.10. The van der Waals surface area contributed by atoms with Crippen LogP contribution in [0.5, 0.6) is 0 Å². The number of fused-ring (bicyclic) bond motifs is 1. The van der Waals surface area contributed by atoms with Gasteiger partial charge in [-0.1, -0.05) is 32.4 Å². The fourth-order valence-corrected chi connectivity index (χ4v) is 4.22. The van der Waals surface area contributed by atoms with E-state index in [2.05, 4.69) is 36.1 Å². The zero-order chi connectivity index (χ0) is 20.6. The third-order valence-electron chi connectivity index (χ3n) is 4.68. The van der Waals surface area contributed by atoms with Gasteiger partial charge in [-0.25, -0.2) is 4.98 Å². The van der Waals surface area contributed by atoms with Crippen molar-refractivity contribution < 1.29 is 4.79 Å². The summed E-state index contributed by atoms with van der Waals surface area (Å²) in [6, 6.07) is 11.4. The van der Waals surface area contributed by atoms with E-state index >= 15 is 0 Å². The van der Waals surface area contributed by atoms with Crippen LogP contribution in [0.25, 0.3) is 10.9 Å².